The Labute approximate surface area is 153 Å². The third kappa shape index (κ3) is 1.78. The summed E-state index contributed by atoms with van der Waals surface area (Å²) in [5.41, 5.74) is 2.40. The third-order valence-corrected chi connectivity index (χ3v) is 6.20. The van der Waals surface area contributed by atoms with E-state index >= 15 is 0 Å². The molecule has 0 radical (unpaired) electrons. The van der Waals surface area contributed by atoms with Gasteiger partial charge < -0.3 is 0 Å². The van der Waals surface area contributed by atoms with Crippen molar-refractivity contribution in [3.63, 3.8) is 0 Å². The van der Waals surface area contributed by atoms with Crippen LogP contribution in [0.25, 0.3) is 47.8 Å². The van der Waals surface area contributed by atoms with Crippen LogP contribution in [0.3, 0.4) is 0 Å². The molecule has 0 amide bonds. The van der Waals surface area contributed by atoms with E-state index in [1.807, 2.05) is 17.5 Å². The minimum atomic E-state index is 1.01. The summed E-state index contributed by atoms with van der Waals surface area (Å²) >= 11 is 1.83. The molecule has 6 aromatic rings. The van der Waals surface area contributed by atoms with E-state index in [1.54, 1.807) is 0 Å². The molecule has 0 fully saturated rings. The fraction of sp³-hybridized carbons (Fsp3) is 0. The second-order valence-corrected chi connectivity index (χ2v) is 7.56. The number of benzene rings is 3. The summed E-state index contributed by atoms with van der Waals surface area (Å²) in [5.74, 6) is 1.01. The molecule has 6 rings (SSSR count). The average molecular weight is 350 g/mol. The molecule has 0 saturated heterocycles. The quantitative estimate of drug-likeness (QED) is 0.329. The molecule has 0 spiro atoms. The molecule has 3 aromatic heterocycles. The number of fused-ring (bicyclic) bond motifs is 6. The molecule has 3 heterocycles. The summed E-state index contributed by atoms with van der Waals surface area (Å²) in [5, 5.41) is 5.04. The van der Waals surface area contributed by atoms with Crippen molar-refractivity contribution in [1.29, 1.82) is 0 Å². The lowest BCUT2D eigenvalue weighted by Gasteiger charge is -2.08. The Morgan fingerprint density at radius 2 is 1.23 bits per heavy atom. The van der Waals surface area contributed by atoms with E-state index in [2.05, 4.69) is 83.4 Å². The maximum Gasteiger partial charge on any atom is 0.146 e. The van der Waals surface area contributed by atoms with Gasteiger partial charge >= 0.3 is 0 Å². The first-order valence-corrected chi connectivity index (χ1v) is 9.48. The van der Waals surface area contributed by atoms with Crippen molar-refractivity contribution in [2.75, 3.05) is 0 Å². The Kier molecular flexibility index (Phi) is 2.79. The summed E-state index contributed by atoms with van der Waals surface area (Å²) in [6.45, 7) is 0. The molecule has 2 nitrogen and oxygen atoms in total. The van der Waals surface area contributed by atoms with Crippen LogP contribution in [0.5, 0.6) is 0 Å². The van der Waals surface area contributed by atoms with Gasteiger partial charge in [0.15, 0.2) is 0 Å². The monoisotopic (exact) mass is 350 g/mol. The Balaban J connectivity index is 1.87. The topological polar surface area (TPSA) is 17.8 Å². The molecule has 26 heavy (non-hydrogen) atoms. The van der Waals surface area contributed by atoms with Crippen LogP contribution in [-0.2, 0) is 0 Å². The fourth-order valence-corrected chi connectivity index (χ4v) is 5.07. The SMILES string of the molecule is c1ccc2c(c1)sc1ccnc(-n3c4ccccc4c4ccccc43)c12. The van der Waals surface area contributed by atoms with Crippen molar-refractivity contribution >= 4 is 53.3 Å². The van der Waals surface area contributed by atoms with E-state index in [0.717, 1.165) is 5.82 Å². The van der Waals surface area contributed by atoms with Gasteiger partial charge in [-0.05, 0) is 24.3 Å². The van der Waals surface area contributed by atoms with Crippen LogP contribution in [0, 0.1) is 0 Å². The first kappa shape index (κ1) is 14.0. The molecular weight excluding hydrogens is 336 g/mol. The summed E-state index contributed by atoms with van der Waals surface area (Å²) in [6, 6.07) is 27.9. The lowest BCUT2D eigenvalue weighted by atomic mass is 10.2. The molecule has 3 heteroatoms. The van der Waals surface area contributed by atoms with Crippen LogP contribution in [0.15, 0.2) is 85.1 Å². The van der Waals surface area contributed by atoms with Gasteiger partial charge in [-0.1, -0.05) is 54.6 Å². The second kappa shape index (κ2) is 5.16. The van der Waals surface area contributed by atoms with E-state index in [-0.39, 0.29) is 0 Å². The normalized spacial score (nSPS) is 11.8. The minimum absolute atomic E-state index is 1.01. The molecule has 0 aliphatic carbocycles. The average Bonchev–Trinajstić information content (AvgIpc) is 3.24. The van der Waals surface area contributed by atoms with Gasteiger partial charge in [-0.25, -0.2) is 4.98 Å². The summed E-state index contributed by atoms with van der Waals surface area (Å²) in [6.07, 6.45) is 1.93. The van der Waals surface area contributed by atoms with Gasteiger partial charge in [-0.2, -0.15) is 0 Å². The van der Waals surface area contributed by atoms with Gasteiger partial charge in [0.05, 0.1) is 11.0 Å². The Bertz CT molecular complexity index is 1390. The van der Waals surface area contributed by atoms with Gasteiger partial charge in [0.2, 0.25) is 0 Å². The highest BCUT2D eigenvalue weighted by molar-refractivity contribution is 7.25. The maximum absolute atomic E-state index is 4.84. The predicted octanol–water partition coefficient (Wildman–Crippen LogP) is 6.55. The number of hydrogen-bond donors (Lipinski definition) is 0. The highest BCUT2D eigenvalue weighted by Crippen LogP contribution is 2.39. The molecule has 0 bridgehead atoms. The zero-order valence-electron chi connectivity index (χ0n) is 13.9. The number of rotatable bonds is 1. The first-order valence-electron chi connectivity index (χ1n) is 8.66. The van der Waals surface area contributed by atoms with Crippen LogP contribution in [0.2, 0.25) is 0 Å². The van der Waals surface area contributed by atoms with Crippen LogP contribution < -0.4 is 0 Å². The summed E-state index contributed by atoms with van der Waals surface area (Å²) in [7, 11) is 0. The van der Waals surface area contributed by atoms with Crippen molar-refractivity contribution in [1.82, 2.24) is 9.55 Å². The van der Waals surface area contributed by atoms with Gasteiger partial charge in [-0.15, -0.1) is 11.3 Å². The number of aromatic nitrogens is 2. The molecule has 122 valence electrons. The lowest BCUT2D eigenvalue weighted by molar-refractivity contribution is 1.10. The van der Waals surface area contributed by atoms with Gasteiger partial charge in [0.25, 0.3) is 0 Å². The summed E-state index contributed by atoms with van der Waals surface area (Å²) in [4.78, 5) is 4.84. The van der Waals surface area contributed by atoms with Crippen LogP contribution >= 0.6 is 11.3 Å². The Morgan fingerprint density at radius 1 is 0.615 bits per heavy atom. The highest BCUT2D eigenvalue weighted by atomic mass is 32.1. The van der Waals surface area contributed by atoms with E-state index in [0.29, 0.717) is 0 Å². The van der Waals surface area contributed by atoms with Crippen molar-refractivity contribution in [2.45, 2.75) is 0 Å². The molecular formula is C23H14N2S. The van der Waals surface area contributed by atoms with E-state index in [1.165, 1.54) is 42.0 Å². The van der Waals surface area contributed by atoms with Gasteiger partial charge in [0.1, 0.15) is 5.82 Å². The second-order valence-electron chi connectivity index (χ2n) is 6.48. The highest BCUT2D eigenvalue weighted by Gasteiger charge is 2.16. The van der Waals surface area contributed by atoms with Gasteiger partial charge in [0, 0.05) is 37.1 Å². The first-order chi connectivity index (χ1) is 12.9. The van der Waals surface area contributed by atoms with Gasteiger partial charge in [-0.3, -0.25) is 4.57 Å². The minimum Gasteiger partial charge on any atom is -0.293 e. The lowest BCUT2D eigenvalue weighted by Crippen LogP contribution is -1.97. The van der Waals surface area contributed by atoms with E-state index < -0.39 is 0 Å². The fourth-order valence-electron chi connectivity index (χ4n) is 3.97. The van der Waals surface area contributed by atoms with E-state index in [9.17, 15) is 0 Å². The van der Waals surface area contributed by atoms with Crippen molar-refractivity contribution in [2.24, 2.45) is 0 Å². The molecule has 0 atom stereocenters. The Morgan fingerprint density at radius 3 is 1.96 bits per heavy atom. The number of nitrogens with zero attached hydrogens (tertiary/aromatic N) is 2. The number of pyridine rings is 1. The Hall–Kier alpha value is -3.17. The standard InChI is InChI=1S/C23H14N2S/c1-4-10-18-15(7-1)16-8-2-5-11-19(16)25(18)23-22-17-9-3-6-12-20(17)26-21(22)13-14-24-23/h1-14H. The van der Waals surface area contributed by atoms with E-state index in [4.69, 9.17) is 4.98 Å². The largest absolute Gasteiger partial charge is 0.293 e. The molecule has 3 aromatic carbocycles. The number of thiophene rings is 1. The smallest absolute Gasteiger partial charge is 0.146 e. The van der Waals surface area contributed by atoms with Crippen molar-refractivity contribution < 1.29 is 0 Å². The summed E-state index contributed by atoms with van der Waals surface area (Å²) < 4.78 is 4.89. The number of hydrogen-bond acceptors (Lipinski definition) is 2. The van der Waals surface area contributed by atoms with Crippen molar-refractivity contribution in [3.8, 4) is 5.82 Å². The van der Waals surface area contributed by atoms with Crippen molar-refractivity contribution in [3.05, 3.63) is 85.1 Å². The maximum atomic E-state index is 4.84. The predicted molar refractivity (Wildman–Crippen MR) is 111 cm³/mol. The number of para-hydroxylation sites is 2. The molecule has 0 N–H and O–H groups in total. The molecule has 0 saturated carbocycles. The van der Waals surface area contributed by atoms with Crippen LogP contribution in [0.1, 0.15) is 0 Å². The molecule has 0 unspecified atom stereocenters. The zero-order valence-corrected chi connectivity index (χ0v) is 14.7. The third-order valence-electron chi connectivity index (χ3n) is 5.06. The van der Waals surface area contributed by atoms with Crippen LogP contribution in [-0.4, -0.2) is 9.55 Å². The van der Waals surface area contributed by atoms with Crippen LogP contribution in [0.4, 0.5) is 0 Å². The zero-order chi connectivity index (χ0) is 17.1. The molecule has 0 aliphatic rings. The molecule has 0 aliphatic heterocycles.